The third-order valence-electron chi connectivity index (χ3n) is 3.73. The van der Waals surface area contributed by atoms with E-state index in [9.17, 15) is 14.4 Å². The van der Waals surface area contributed by atoms with Crippen LogP contribution in [0.1, 0.15) is 33.1 Å². The van der Waals surface area contributed by atoms with E-state index in [1.54, 1.807) is 0 Å². The third kappa shape index (κ3) is 2.16. The van der Waals surface area contributed by atoms with Crippen LogP contribution in [0.2, 0.25) is 0 Å². The predicted molar refractivity (Wildman–Crippen MR) is 56.5 cm³/mol. The SMILES string of the molecule is CC(C)C1CCCC12C(=O)[N-]C(=O)NC2=O.[Na+]. The number of carbonyl (C=O) groups excluding carboxylic acids is 3. The molecule has 1 aliphatic heterocycles. The molecule has 2 unspecified atom stereocenters. The number of hydrogen-bond donors (Lipinski definition) is 1. The third-order valence-corrected chi connectivity index (χ3v) is 3.73. The van der Waals surface area contributed by atoms with Gasteiger partial charge in [0.15, 0.2) is 17.8 Å². The van der Waals surface area contributed by atoms with Crippen molar-refractivity contribution in [1.82, 2.24) is 5.32 Å². The smallest absolute Gasteiger partial charge is 0.394 e. The van der Waals surface area contributed by atoms with E-state index in [0.717, 1.165) is 12.8 Å². The number of rotatable bonds is 1. The Morgan fingerprint density at radius 1 is 1.35 bits per heavy atom. The average molecular weight is 246 g/mol. The summed E-state index contributed by atoms with van der Waals surface area (Å²) in [5.41, 5.74) is -1.07. The fraction of sp³-hybridized carbons (Fsp3) is 0.727. The Morgan fingerprint density at radius 3 is 2.53 bits per heavy atom. The molecule has 1 N–H and O–H groups in total. The molecule has 0 aromatic heterocycles. The van der Waals surface area contributed by atoms with E-state index >= 15 is 0 Å². The minimum Gasteiger partial charge on any atom is -0.394 e. The normalized spacial score (nSPS) is 32.4. The Hall–Kier alpha value is -0.390. The maximum atomic E-state index is 11.9. The Balaban J connectivity index is 0.00000144. The van der Waals surface area contributed by atoms with Crippen LogP contribution in [0.5, 0.6) is 0 Å². The molecule has 4 amide bonds. The second-order valence-electron chi connectivity index (χ2n) is 4.89. The van der Waals surface area contributed by atoms with Crippen molar-refractivity contribution in [2.75, 3.05) is 0 Å². The van der Waals surface area contributed by atoms with Crippen molar-refractivity contribution in [2.24, 2.45) is 17.3 Å². The second kappa shape index (κ2) is 5.08. The Morgan fingerprint density at radius 2 is 2.00 bits per heavy atom. The van der Waals surface area contributed by atoms with E-state index in [1.165, 1.54) is 0 Å². The molecular weight excluding hydrogens is 231 g/mol. The van der Waals surface area contributed by atoms with Gasteiger partial charge >= 0.3 is 29.6 Å². The fourth-order valence-corrected chi connectivity index (χ4v) is 3.01. The van der Waals surface area contributed by atoms with Gasteiger partial charge in [-0.05, 0) is 24.7 Å². The number of barbiturate groups is 1. The minimum absolute atomic E-state index is 0. The molecule has 1 spiro atoms. The van der Waals surface area contributed by atoms with Gasteiger partial charge in [0.1, 0.15) is 0 Å². The molecule has 1 heterocycles. The van der Waals surface area contributed by atoms with Gasteiger partial charge in [-0.3, -0.25) is 14.4 Å². The van der Waals surface area contributed by atoms with Gasteiger partial charge in [-0.15, -0.1) is 0 Å². The summed E-state index contributed by atoms with van der Waals surface area (Å²) in [7, 11) is 0. The van der Waals surface area contributed by atoms with E-state index in [2.05, 4.69) is 10.6 Å². The van der Waals surface area contributed by atoms with Crippen molar-refractivity contribution in [3.8, 4) is 0 Å². The number of amides is 4. The molecule has 2 fully saturated rings. The molecule has 2 aliphatic rings. The minimum atomic E-state index is -1.07. The molecule has 2 atom stereocenters. The summed E-state index contributed by atoms with van der Waals surface area (Å²) < 4.78 is 0. The molecule has 0 bridgehead atoms. The van der Waals surface area contributed by atoms with Gasteiger partial charge in [-0.2, -0.15) is 0 Å². The molecule has 0 radical (unpaired) electrons. The van der Waals surface area contributed by atoms with E-state index in [4.69, 9.17) is 0 Å². The van der Waals surface area contributed by atoms with Crippen molar-refractivity contribution < 1.29 is 43.9 Å². The first-order chi connectivity index (χ1) is 7.48. The molecular formula is C11H15N2NaO3. The molecule has 5 nitrogen and oxygen atoms in total. The van der Waals surface area contributed by atoms with Crippen molar-refractivity contribution in [3.05, 3.63) is 5.32 Å². The zero-order valence-corrected chi connectivity index (χ0v) is 12.4. The number of hydrogen-bond acceptors (Lipinski definition) is 3. The van der Waals surface area contributed by atoms with Crippen LogP contribution in [-0.4, -0.2) is 17.8 Å². The van der Waals surface area contributed by atoms with Crippen molar-refractivity contribution in [1.29, 1.82) is 0 Å². The monoisotopic (exact) mass is 246 g/mol. The Labute approximate surface area is 122 Å². The van der Waals surface area contributed by atoms with Crippen LogP contribution >= 0.6 is 0 Å². The van der Waals surface area contributed by atoms with Crippen LogP contribution in [0.25, 0.3) is 5.32 Å². The van der Waals surface area contributed by atoms with Gasteiger partial charge in [0, 0.05) is 0 Å². The number of nitrogens with zero attached hydrogens (tertiary/aromatic N) is 1. The molecule has 0 aromatic carbocycles. The predicted octanol–water partition coefficient (Wildman–Crippen LogP) is -1.42. The van der Waals surface area contributed by atoms with Crippen LogP contribution in [0.4, 0.5) is 4.79 Å². The molecule has 2 rings (SSSR count). The van der Waals surface area contributed by atoms with Gasteiger partial charge in [0.2, 0.25) is 0 Å². The van der Waals surface area contributed by atoms with E-state index < -0.39 is 23.3 Å². The van der Waals surface area contributed by atoms with Gasteiger partial charge < -0.3 is 10.6 Å². The fourth-order valence-electron chi connectivity index (χ4n) is 3.01. The maximum absolute atomic E-state index is 11.9. The molecule has 17 heavy (non-hydrogen) atoms. The largest absolute Gasteiger partial charge is 1.00 e. The first kappa shape index (κ1) is 14.7. The number of urea groups is 1. The summed E-state index contributed by atoms with van der Waals surface area (Å²) in [6, 6.07) is -0.824. The number of nitrogens with one attached hydrogen (secondary N) is 1. The molecule has 1 saturated carbocycles. The number of imide groups is 2. The Bertz CT molecular complexity index is 348. The standard InChI is InChI=1S/C11H16N2O3.Na/c1-6(2)7-4-3-5-11(7)8(14)12-10(16)13-9(11)15;/h6-7H,3-5H2,1-2H3,(H2,12,13,14,15,16);/q;+1/p-1. The Kier molecular flexibility index (Phi) is 4.38. The van der Waals surface area contributed by atoms with E-state index in [1.807, 2.05) is 13.8 Å². The zero-order chi connectivity index (χ0) is 11.9. The molecule has 1 aliphatic carbocycles. The van der Waals surface area contributed by atoms with Gasteiger partial charge in [-0.1, -0.05) is 20.3 Å². The molecule has 0 aromatic rings. The second-order valence-corrected chi connectivity index (χ2v) is 4.89. The summed E-state index contributed by atoms with van der Waals surface area (Å²) >= 11 is 0. The van der Waals surface area contributed by atoms with E-state index in [0.29, 0.717) is 6.42 Å². The van der Waals surface area contributed by atoms with Crippen molar-refractivity contribution in [2.45, 2.75) is 33.1 Å². The first-order valence-corrected chi connectivity index (χ1v) is 5.60. The van der Waals surface area contributed by atoms with Gasteiger partial charge in [0.25, 0.3) is 0 Å². The van der Waals surface area contributed by atoms with Gasteiger partial charge in [0.05, 0.1) is 5.41 Å². The summed E-state index contributed by atoms with van der Waals surface area (Å²) in [5, 5.41) is 5.55. The summed E-state index contributed by atoms with van der Waals surface area (Å²) in [6.45, 7) is 3.99. The summed E-state index contributed by atoms with van der Waals surface area (Å²) in [4.78, 5) is 34.8. The molecule has 88 valence electrons. The van der Waals surface area contributed by atoms with Crippen molar-refractivity contribution >= 4 is 17.8 Å². The van der Waals surface area contributed by atoms with Gasteiger partial charge in [-0.25, -0.2) is 0 Å². The van der Waals surface area contributed by atoms with Crippen LogP contribution in [-0.2, 0) is 9.59 Å². The van der Waals surface area contributed by atoms with Crippen LogP contribution in [0, 0.1) is 17.3 Å². The topological polar surface area (TPSA) is 77.3 Å². The molecule has 1 saturated heterocycles. The van der Waals surface area contributed by atoms with Crippen LogP contribution < -0.4 is 34.9 Å². The summed E-state index contributed by atoms with van der Waals surface area (Å²) in [6.07, 6.45) is 2.20. The quantitative estimate of drug-likeness (QED) is 0.456. The maximum Gasteiger partial charge on any atom is 1.00 e. The van der Waals surface area contributed by atoms with E-state index in [-0.39, 0.29) is 41.4 Å². The van der Waals surface area contributed by atoms with Crippen LogP contribution in [0.3, 0.4) is 0 Å². The van der Waals surface area contributed by atoms with Crippen LogP contribution in [0.15, 0.2) is 0 Å². The molecule has 6 heteroatoms. The van der Waals surface area contributed by atoms with Crippen molar-refractivity contribution in [3.63, 3.8) is 0 Å². The first-order valence-electron chi connectivity index (χ1n) is 5.60. The number of carbonyl (C=O) groups is 3. The zero-order valence-electron chi connectivity index (χ0n) is 10.4. The summed E-state index contributed by atoms with van der Waals surface area (Å²) in [5.74, 6) is -0.761. The average Bonchev–Trinajstić information content (AvgIpc) is 2.59.